The smallest absolute Gasteiger partial charge is 0.387 e. The number of carbonyl (C=O) groups excluding carboxylic acids is 2. The minimum Gasteiger partial charge on any atom is -0.405 e. The van der Waals surface area contributed by atoms with Gasteiger partial charge in [-0.05, 0) is 42.8 Å². The van der Waals surface area contributed by atoms with Gasteiger partial charge >= 0.3 is 17.8 Å². The van der Waals surface area contributed by atoms with Crippen molar-refractivity contribution in [3.05, 3.63) is 93.4 Å². The number of benzene rings is 2. The fourth-order valence-corrected chi connectivity index (χ4v) is 3.65. The topological polar surface area (TPSA) is 149 Å². The lowest BCUT2D eigenvalue weighted by Gasteiger charge is -2.32. The number of nitrogen functional groups attached to an aromatic ring is 1. The number of ether oxygens (including phenoxy) is 2. The minimum absolute atomic E-state index is 0.0580. The van der Waals surface area contributed by atoms with Crippen LogP contribution in [0.25, 0.3) is 0 Å². The van der Waals surface area contributed by atoms with Gasteiger partial charge in [-0.1, -0.05) is 41.9 Å². The molecule has 1 heterocycles. The molecule has 0 aliphatic heterocycles. The highest BCUT2D eigenvalue weighted by Gasteiger charge is 2.47. The summed E-state index contributed by atoms with van der Waals surface area (Å²) in [5, 5.41) is 13.4. The maximum Gasteiger partial charge on any atom is 0.387 e. The SMILES string of the molecule is CCO[C@](OC(C)=O)(C(=O)NCc1ccc(C(=N)N)cc1Cl)n1cccc(Nc2ccccc2)c1=O. The highest BCUT2D eigenvalue weighted by atomic mass is 35.5. The van der Waals surface area contributed by atoms with Crippen LogP contribution >= 0.6 is 11.6 Å². The van der Waals surface area contributed by atoms with Gasteiger partial charge in [0.2, 0.25) is 0 Å². The molecule has 1 atom stereocenters. The maximum atomic E-state index is 13.5. The molecule has 10 nitrogen and oxygen atoms in total. The van der Waals surface area contributed by atoms with Crippen LogP contribution in [0.5, 0.6) is 0 Å². The number of nitrogens with zero attached hydrogens (tertiary/aromatic N) is 1. The zero-order valence-corrected chi connectivity index (χ0v) is 20.5. The van der Waals surface area contributed by atoms with E-state index in [4.69, 9.17) is 32.2 Å². The van der Waals surface area contributed by atoms with Crippen molar-refractivity contribution in [2.45, 2.75) is 26.3 Å². The van der Waals surface area contributed by atoms with Crippen molar-refractivity contribution in [1.29, 1.82) is 5.41 Å². The van der Waals surface area contributed by atoms with Gasteiger partial charge in [-0.25, -0.2) is 4.57 Å². The Labute approximate surface area is 212 Å². The number of anilines is 2. The molecule has 11 heteroatoms. The first kappa shape index (κ1) is 26.5. The van der Waals surface area contributed by atoms with Gasteiger partial charge in [0.25, 0.3) is 5.56 Å². The van der Waals surface area contributed by atoms with Gasteiger partial charge in [-0.3, -0.25) is 19.8 Å². The highest BCUT2D eigenvalue weighted by Crippen LogP contribution is 2.23. The summed E-state index contributed by atoms with van der Waals surface area (Å²) in [5.41, 5.74) is 6.54. The number of rotatable bonds is 10. The molecule has 1 aromatic heterocycles. The van der Waals surface area contributed by atoms with Gasteiger partial charge in [0.05, 0.1) is 6.61 Å². The zero-order chi connectivity index (χ0) is 26.3. The number of nitrogens with one attached hydrogen (secondary N) is 3. The first-order chi connectivity index (χ1) is 17.2. The highest BCUT2D eigenvalue weighted by molar-refractivity contribution is 6.31. The summed E-state index contributed by atoms with van der Waals surface area (Å²) in [6.07, 6.45) is 1.30. The third kappa shape index (κ3) is 5.91. The van der Waals surface area contributed by atoms with Gasteiger partial charge in [0, 0.05) is 35.9 Å². The summed E-state index contributed by atoms with van der Waals surface area (Å²) in [5.74, 6) is -4.31. The molecule has 0 bridgehead atoms. The Balaban J connectivity index is 1.99. The van der Waals surface area contributed by atoms with Crippen LogP contribution in [0.2, 0.25) is 5.02 Å². The molecule has 0 spiro atoms. The van der Waals surface area contributed by atoms with E-state index in [2.05, 4.69) is 10.6 Å². The van der Waals surface area contributed by atoms with E-state index in [1.54, 1.807) is 43.3 Å². The number of hydrogen-bond acceptors (Lipinski definition) is 7. The Morgan fingerprint density at radius 2 is 1.86 bits per heavy atom. The Morgan fingerprint density at radius 3 is 2.47 bits per heavy atom. The van der Waals surface area contributed by atoms with E-state index in [0.29, 0.717) is 16.8 Å². The normalized spacial score (nSPS) is 12.3. The summed E-state index contributed by atoms with van der Waals surface area (Å²) >= 11 is 6.27. The van der Waals surface area contributed by atoms with E-state index in [0.717, 1.165) is 11.5 Å². The van der Waals surface area contributed by atoms with E-state index >= 15 is 0 Å². The number of halogens is 1. The van der Waals surface area contributed by atoms with Crippen molar-refractivity contribution in [2.24, 2.45) is 5.73 Å². The van der Waals surface area contributed by atoms with Gasteiger partial charge in [-0.2, -0.15) is 0 Å². The first-order valence-corrected chi connectivity index (χ1v) is 11.3. The second kappa shape index (κ2) is 11.5. The Hall–Kier alpha value is -4.15. The van der Waals surface area contributed by atoms with E-state index in [-0.39, 0.29) is 29.7 Å². The van der Waals surface area contributed by atoms with Crippen LogP contribution in [0.15, 0.2) is 71.7 Å². The lowest BCUT2D eigenvalue weighted by molar-refractivity contribution is -0.264. The van der Waals surface area contributed by atoms with Crippen molar-refractivity contribution in [1.82, 2.24) is 9.88 Å². The Morgan fingerprint density at radius 1 is 1.14 bits per heavy atom. The van der Waals surface area contributed by atoms with Gasteiger partial charge in [-0.15, -0.1) is 0 Å². The van der Waals surface area contributed by atoms with Crippen molar-refractivity contribution in [3.63, 3.8) is 0 Å². The number of aromatic nitrogens is 1. The predicted molar refractivity (Wildman–Crippen MR) is 136 cm³/mol. The quantitative estimate of drug-likeness (QED) is 0.141. The third-order valence-corrected chi connectivity index (χ3v) is 5.38. The predicted octanol–water partition coefficient (Wildman–Crippen LogP) is 3.06. The molecule has 0 saturated heterocycles. The van der Waals surface area contributed by atoms with Crippen LogP contribution in [0.3, 0.4) is 0 Å². The summed E-state index contributed by atoms with van der Waals surface area (Å²) < 4.78 is 11.9. The van der Waals surface area contributed by atoms with Crippen molar-refractivity contribution in [3.8, 4) is 0 Å². The number of amidine groups is 1. The second-order valence-electron chi connectivity index (χ2n) is 7.60. The van der Waals surface area contributed by atoms with Crippen LogP contribution in [0, 0.1) is 5.41 Å². The summed E-state index contributed by atoms with van der Waals surface area (Å²) in [6, 6.07) is 16.7. The molecule has 2 aromatic carbocycles. The molecule has 1 amide bonds. The van der Waals surface area contributed by atoms with Crippen LogP contribution in [0.4, 0.5) is 11.4 Å². The summed E-state index contributed by atoms with van der Waals surface area (Å²) in [7, 11) is 0. The lowest BCUT2D eigenvalue weighted by Crippen LogP contribution is -2.56. The zero-order valence-electron chi connectivity index (χ0n) is 19.7. The number of carbonyl (C=O) groups is 2. The third-order valence-electron chi connectivity index (χ3n) is 5.03. The molecule has 3 rings (SSSR count). The van der Waals surface area contributed by atoms with Crippen LogP contribution in [0.1, 0.15) is 25.0 Å². The molecule has 0 saturated carbocycles. The van der Waals surface area contributed by atoms with Crippen molar-refractivity contribution in [2.75, 3.05) is 11.9 Å². The number of amides is 1. The Bertz CT molecular complexity index is 1330. The lowest BCUT2D eigenvalue weighted by atomic mass is 10.1. The largest absolute Gasteiger partial charge is 0.405 e. The number of para-hydroxylation sites is 1. The molecule has 0 aliphatic carbocycles. The molecule has 0 fully saturated rings. The fraction of sp³-hybridized carbons (Fsp3) is 0.200. The van der Waals surface area contributed by atoms with E-state index in [1.807, 2.05) is 6.07 Å². The molecule has 0 aliphatic rings. The van der Waals surface area contributed by atoms with E-state index in [1.165, 1.54) is 24.4 Å². The number of hydrogen-bond donors (Lipinski definition) is 4. The molecule has 36 heavy (non-hydrogen) atoms. The number of esters is 1. The molecular weight excluding hydrogens is 486 g/mol. The molecule has 188 valence electrons. The van der Waals surface area contributed by atoms with Gasteiger partial charge in [0.15, 0.2) is 0 Å². The van der Waals surface area contributed by atoms with E-state index < -0.39 is 23.3 Å². The van der Waals surface area contributed by atoms with Crippen molar-refractivity contribution >= 4 is 40.7 Å². The summed E-state index contributed by atoms with van der Waals surface area (Å²) in [6.45, 7) is 2.57. The van der Waals surface area contributed by atoms with Gasteiger partial charge < -0.3 is 25.8 Å². The van der Waals surface area contributed by atoms with Crippen LogP contribution in [-0.4, -0.2) is 28.9 Å². The average molecular weight is 512 g/mol. The number of pyridine rings is 1. The number of nitrogens with two attached hydrogens (primary N) is 1. The first-order valence-electron chi connectivity index (χ1n) is 11.0. The van der Waals surface area contributed by atoms with Crippen molar-refractivity contribution < 1.29 is 19.1 Å². The minimum atomic E-state index is -2.42. The molecular formula is C25H26ClN5O5. The average Bonchev–Trinajstić information content (AvgIpc) is 2.84. The monoisotopic (exact) mass is 511 g/mol. The molecule has 5 N–H and O–H groups in total. The summed E-state index contributed by atoms with van der Waals surface area (Å²) in [4.78, 5) is 39.0. The second-order valence-corrected chi connectivity index (χ2v) is 8.01. The maximum absolute atomic E-state index is 13.5. The van der Waals surface area contributed by atoms with Gasteiger partial charge in [0.1, 0.15) is 11.5 Å². The standard InChI is InChI=1S/C25H26ClN5O5/c1-3-35-25(36-16(2)32,24(34)29-15-18-12-11-17(22(27)28)14-20(18)26)31-13-7-10-21(23(31)33)30-19-8-5-4-6-9-19/h4-14,30H,3,15H2,1-2H3,(H3,27,28)(H,29,34)/t25-/m0/s1. The van der Waals surface area contributed by atoms with E-state index in [9.17, 15) is 14.4 Å². The molecule has 0 unspecified atom stereocenters. The molecule has 0 radical (unpaired) electrons. The Kier molecular flexibility index (Phi) is 8.46. The van der Waals surface area contributed by atoms with Crippen LogP contribution < -0.4 is 21.9 Å². The fourth-order valence-electron chi connectivity index (χ4n) is 3.40. The van der Waals surface area contributed by atoms with Crippen LogP contribution in [-0.2, 0) is 31.5 Å². The molecule has 3 aromatic rings.